The van der Waals surface area contributed by atoms with E-state index in [0.29, 0.717) is 22.2 Å². The van der Waals surface area contributed by atoms with Crippen molar-refractivity contribution < 1.29 is 14.3 Å². The number of rotatable bonds is 5. The number of aromatic nitrogens is 3. The van der Waals surface area contributed by atoms with Crippen LogP contribution in [0.4, 0.5) is 4.79 Å². The Morgan fingerprint density at radius 2 is 2.10 bits per heavy atom. The van der Waals surface area contributed by atoms with Crippen molar-refractivity contribution in [2.24, 2.45) is 0 Å². The number of pyridine rings is 1. The standard InChI is InChI=1S/C20H21N5O3S/c1-4-28-18(26)17-12(3)21-19(27)22-14(17)10-29-20-24-23-16-9-11(2)13-7-5-6-8-15(13)25(16)20/h5-9,12H,4,10H2,1-3H3,(H2,21,22,27)/t12-/m1/s1. The molecule has 2 amide bonds. The third-order valence-electron chi connectivity index (χ3n) is 4.78. The predicted octanol–water partition coefficient (Wildman–Crippen LogP) is 2.80. The third-order valence-corrected chi connectivity index (χ3v) is 5.74. The second-order valence-electron chi connectivity index (χ2n) is 6.74. The van der Waals surface area contributed by atoms with Gasteiger partial charge in [-0.1, -0.05) is 30.0 Å². The number of carbonyl (C=O) groups is 2. The number of fused-ring (bicyclic) bond motifs is 3. The molecule has 2 N–H and O–H groups in total. The van der Waals surface area contributed by atoms with Gasteiger partial charge >= 0.3 is 12.0 Å². The molecule has 8 nitrogen and oxygen atoms in total. The minimum Gasteiger partial charge on any atom is -0.463 e. The summed E-state index contributed by atoms with van der Waals surface area (Å²) in [6, 6.07) is 9.30. The van der Waals surface area contributed by atoms with Crippen molar-refractivity contribution in [3.05, 3.63) is 47.2 Å². The van der Waals surface area contributed by atoms with E-state index in [0.717, 1.165) is 22.1 Å². The van der Waals surface area contributed by atoms with Crippen molar-refractivity contribution in [3.8, 4) is 0 Å². The van der Waals surface area contributed by atoms with Crippen LogP contribution in [0, 0.1) is 6.92 Å². The number of nitrogens with zero attached hydrogens (tertiary/aromatic N) is 3. The van der Waals surface area contributed by atoms with E-state index in [1.807, 2.05) is 35.6 Å². The number of hydrogen-bond acceptors (Lipinski definition) is 6. The molecule has 3 heterocycles. The van der Waals surface area contributed by atoms with Gasteiger partial charge in [0.05, 0.1) is 23.7 Å². The zero-order valence-corrected chi connectivity index (χ0v) is 17.2. The molecule has 1 aromatic carbocycles. The minimum atomic E-state index is -0.435. The van der Waals surface area contributed by atoms with Crippen LogP contribution in [0.1, 0.15) is 19.4 Å². The second-order valence-corrected chi connectivity index (χ2v) is 7.68. The lowest BCUT2D eigenvalue weighted by molar-refractivity contribution is -0.138. The number of ether oxygens (including phenoxy) is 1. The van der Waals surface area contributed by atoms with Gasteiger partial charge in [0.2, 0.25) is 0 Å². The first-order valence-corrected chi connectivity index (χ1v) is 10.3. The first-order valence-electron chi connectivity index (χ1n) is 9.33. The van der Waals surface area contributed by atoms with Gasteiger partial charge in [0.1, 0.15) is 0 Å². The number of benzene rings is 1. The van der Waals surface area contributed by atoms with Crippen molar-refractivity contribution in [1.82, 2.24) is 25.2 Å². The quantitative estimate of drug-likeness (QED) is 0.495. The van der Waals surface area contributed by atoms with Crippen molar-refractivity contribution in [2.45, 2.75) is 32.0 Å². The average molecular weight is 411 g/mol. The monoisotopic (exact) mass is 411 g/mol. The van der Waals surface area contributed by atoms with Crippen LogP contribution in [0.15, 0.2) is 46.8 Å². The number of amides is 2. The Kier molecular flexibility index (Phi) is 5.14. The van der Waals surface area contributed by atoms with Crippen LogP contribution < -0.4 is 10.6 Å². The maximum Gasteiger partial charge on any atom is 0.337 e. The van der Waals surface area contributed by atoms with Crippen LogP contribution in [-0.4, -0.2) is 45.0 Å². The fourth-order valence-corrected chi connectivity index (χ4v) is 4.42. The molecule has 1 atom stereocenters. The molecule has 1 aliphatic rings. The molecule has 29 heavy (non-hydrogen) atoms. The summed E-state index contributed by atoms with van der Waals surface area (Å²) in [4.78, 5) is 24.3. The van der Waals surface area contributed by atoms with Gasteiger partial charge in [-0.15, -0.1) is 10.2 Å². The lowest BCUT2D eigenvalue weighted by atomic mass is 10.1. The molecule has 0 aliphatic carbocycles. The van der Waals surface area contributed by atoms with Crippen LogP contribution >= 0.6 is 11.8 Å². The van der Waals surface area contributed by atoms with Crippen LogP contribution in [0.5, 0.6) is 0 Å². The Bertz CT molecular complexity index is 1150. The van der Waals surface area contributed by atoms with Gasteiger partial charge in [-0.05, 0) is 38.5 Å². The first kappa shape index (κ1) is 19.3. The summed E-state index contributed by atoms with van der Waals surface area (Å²) < 4.78 is 7.15. The Morgan fingerprint density at radius 1 is 1.31 bits per heavy atom. The molecule has 0 unspecified atom stereocenters. The summed E-state index contributed by atoms with van der Waals surface area (Å²) in [6.45, 7) is 5.83. The predicted molar refractivity (Wildman–Crippen MR) is 111 cm³/mol. The molecule has 0 spiro atoms. The van der Waals surface area contributed by atoms with E-state index in [1.165, 1.54) is 11.8 Å². The van der Waals surface area contributed by atoms with Crippen molar-refractivity contribution in [3.63, 3.8) is 0 Å². The summed E-state index contributed by atoms with van der Waals surface area (Å²) in [5.41, 5.74) is 3.85. The van der Waals surface area contributed by atoms with Crippen molar-refractivity contribution >= 4 is 40.3 Å². The lowest BCUT2D eigenvalue weighted by Crippen LogP contribution is -2.49. The van der Waals surface area contributed by atoms with Gasteiger partial charge in [0, 0.05) is 16.8 Å². The zero-order valence-electron chi connectivity index (χ0n) is 16.4. The molecule has 150 valence electrons. The number of aryl methyl sites for hydroxylation is 1. The number of nitrogens with one attached hydrogen (secondary N) is 2. The molecule has 9 heteroatoms. The maximum atomic E-state index is 12.4. The fraction of sp³-hybridized carbons (Fsp3) is 0.300. The van der Waals surface area contributed by atoms with Crippen LogP contribution in [0.3, 0.4) is 0 Å². The summed E-state index contributed by atoms with van der Waals surface area (Å²) in [5.74, 6) is -0.0789. The van der Waals surface area contributed by atoms with E-state index < -0.39 is 12.0 Å². The van der Waals surface area contributed by atoms with Crippen LogP contribution in [-0.2, 0) is 9.53 Å². The first-order chi connectivity index (χ1) is 14.0. The summed E-state index contributed by atoms with van der Waals surface area (Å²) in [6.07, 6.45) is 0. The van der Waals surface area contributed by atoms with Crippen LogP contribution in [0.2, 0.25) is 0 Å². The normalized spacial score (nSPS) is 16.8. The van der Waals surface area contributed by atoms with E-state index >= 15 is 0 Å². The van der Waals surface area contributed by atoms with Crippen molar-refractivity contribution in [1.29, 1.82) is 0 Å². The second kappa shape index (κ2) is 7.75. The summed E-state index contributed by atoms with van der Waals surface area (Å²) >= 11 is 1.41. The molecule has 0 bridgehead atoms. The number of hydrogen-bond donors (Lipinski definition) is 2. The highest BCUT2D eigenvalue weighted by Crippen LogP contribution is 2.27. The van der Waals surface area contributed by atoms with E-state index in [9.17, 15) is 9.59 Å². The van der Waals surface area contributed by atoms with Gasteiger partial charge in [0.25, 0.3) is 0 Å². The molecule has 0 fully saturated rings. The SMILES string of the molecule is CCOC(=O)C1=C(CSc2nnc3cc(C)c4ccccc4n23)NC(=O)N[C@@H]1C. The number of thioether (sulfide) groups is 1. The molecule has 0 radical (unpaired) electrons. The highest BCUT2D eigenvalue weighted by Gasteiger charge is 2.30. The van der Waals surface area contributed by atoms with E-state index in [-0.39, 0.29) is 12.6 Å². The molecule has 1 aliphatic heterocycles. The highest BCUT2D eigenvalue weighted by molar-refractivity contribution is 7.99. The van der Waals surface area contributed by atoms with Gasteiger partial charge in [-0.3, -0.25) is 4.40 Å². The Hall–Kier alpha value is -3.07. The number of carbonyl (C=O) groups excluding carboxylic acids is 2. The van der Waals surface area contributed by atoms with E-state index in [2.05, 4.69) is 26.9 Å². The van der Waals surface area contributed by atoms with Gasteiger partial charge in [-0.2, -0.15) is 0 Å². The number of para-hydroxylation sites is 1. The minimum absolute atomic E-state index is 0.267. The largest absolute Gasteiger partial charge is 0.463 e. The smallest absolute Gasteiger partial charge is 0.337 e. The van der Waals surface area contributed by atoms with E-state index in [4.69, 9.17) is 4.74 Å². The topological polar surface area (TPSA) is 97.6 Å². The van der Waals surface area contributed by atoms with E-state index in [1.54, 1.807) is 13.8 Å². The molecule has 2 aromatic heterocycles. The maximum absolute atomic E-state index is 12.4. The number of esters is 1. The Morgan fingerprint density at radius 3 is 2.90 bits per heavy atom. The number of urea groups is 1. The molecular formula is C20H21N5O3S. The van der Waals surface area contributed by atoms with Gasteiger partial charge in [-0.25, -0.2) is 9.59 Å². The third kappa shape index (κ3) is 3.53. The molecular weight excluding hydrogens is 390 g/mol. The Labute approximate surface area is 171 Å². The van der Waals surface area contributed by atoms with Gasteiger partial charge < -0.3 is 15.4 Å². The summed E-state index contributed by atoms with van der Waals surface area (Å²) in [7, 11) is 0. The van der Waals surface area contributed by atoms with Gasteiger partial charge in [0.15, 0.2) is 10.8 Å². The molecule has 3 aromatic rings. The summed E-state index contributed by atoms with van der Waals surface area (Å²) in [5, 5.41) is 15.9. The fourth-order valence-electron chi connectivity index (χ4n) is 3.50. The zero-order chi connectivity index (χ0) is 20.5. The molecule has 0 saturated carbocycles. The lowest BCUT2D eigenvalue weighted by Gasteiger charge is -2.26. The Balaban J connectivity index is 1.71. The molecule has 4 rings (SSSR count). The highest BCUT2D eigenvalue weighted by atomic mass is 32.2. The average Bonchev–Trinajstić information content (AvgIpc) is 3.09. The van der Waals surface area contributed by atoms with Crippen molar-refractivity contribution in [2.75, 3.05) is 12.4 Å². The molecule has 0 saturated heterocycles. The van der Waals surface area contributed by atoms with Crippen LogP contribution in [0.25, 0.3) is 16.6 Å².